The van der Waals surface area contributed by atoms with Crippen LogP contribution in [-0.2, 0) is 26.2 Å². The van der Waals surface area contributed by atoms with E-state index in [1.54, 1.807) is 6.07 Å². The number of hydrogen-bond donors (Lipinski definition) is 4. The zero-order chi connectivity index (χ0) is 24.4. The zero-order valence-electron chi connectivity index (χ0n) is 17.9. The number of aromatic nitrogens is 1. The van der Waals surface area contributed by atoms with Crippen molar-refractivity contribution in [2.24, 2.45) is 16.5 Å². The van der Waals surface area contributed by atoms with Crippen molar-refractivity contribution in [1.82, 2.24) is 9.88 Å². The van der Waals surface area contributed by atoms with Gasteiger partial charge in [-0.05, 0) is 37.1 Å². The van der Waals surface area contributed by atoms with Gasteiger partial charge in [-0.3, -0.25) is 19.3 Å². The molecule has 0 aliphatic rings. The number of guanidine groups is 1. The Kier molecular flexibility index (Phi) is 8.98. The van der Waals surface area contributed by atoms with E-state index in [-0.39, 0.29) is 22.3 Å². The fourth-order valence-electron chi connectivity index (χ4n) is 2.88. The average molecular weight is 479 g/mol. The van der Waals surface area contributed by atoms with Gasteiger partial charge in [0.25, 0.3) is 15.6 Å². The van der Waals surface area contributed by atoms with Gasteiger partial charge in [-0.25, -0.2) is 8.42 Å². The fraction of sp³-hybridized carbons (Fsp3) is 0.300. The summed E-state index contributed by atoms with van der Waals surface area (Å²) in [5.41, 5.74) is 9.47. The standard InChI is InChI=1S/C20H26N6O6S/c1-32-16-8-2-3-9-17(16)33(30,31)25-15-7-5-11-26(19(15)29)12-18(28)24-14(13-27)6-4-10-23-20(21)22/h2-3,5,7-9,11,13-14,25H,4,6,10,12H2,1H3,(H,24,28)(H4,21,22,23). The number of carbonyl (C=O) groups excluding carboxylic acids is 2. The molecule has 1 aromatic carbocycles. The van der Waals surface area contributed by atoms with Gasteiger partial charge in [0.1, 0.15) is 29.2 Å². The molecular formula is C20H26N6O6S. The number of anilines is 1. The topological polar surface area (TPSA) is 188 Å². The maximum Gasteiger partial charge on any atom is 0.275 e. The first-order valence-electron chi connectivity index (χ1n) is 9.83. The molecule has 1 heterocycles. The quantitative estimate of drug-likeness (QED) is 0.135. The molecular weight excluding hydrogens is 452 g/mol. The number of pyridine rings is 1. The number of nitrogens with one attached hydrogen (secondary N) is 2. The lowest BCUT2D eigenvalue weighted by Gasteiger charge is -2.14. The van der Waals surface area contributed by atoms with Crippen LogP contribution < -0.4 is 31.8 Å². The number of rotatable bonds is 12. The first-order chi connectivity index (χ1) is 15.7. The highest BCUT2D eigenvalue weighted by Gasteiger charge is 2.21. The van der Waals surface area contributed by atoms with Crippen LogP contribution in [0, 0.1) is 0 Å². The molecule has 33 heavy (non-hydrogen) atoms. The van der Waals surface area contributed by atoms with E-state index >= 15 is 0 Å². The Hall–Kier alpha value is -3.87. The molecule has 13 heteroatoms. The van der Waals surface area contributed by atoms with E-state index in [0.717, 1.165) is 4.57 Å². The minimum atomic E-state index is -4.13. The summed E-state index contributed by atoms with van der Waals surface area (Å²) in [6.07, 6.45) is 2.67. The summed E-state index contributed by atoms with van der Waals surface area (Å²) < 4.78 is 33.8. The van der Waals surface area contributed by atoms with Crippen LogP contribution in [0.3, 0.4) is 0 Å². The van der Waals surface area contributed by atoms with Gasteiger partial charge < -0.3 is 30.9 Å². The predicted molar refractivity (Wildman–Crippen MR) is 122 cm³/mol. The number of amides is 1. The van der Waals surface area contributed by atoms with E-state index in [2.05, 4.69) is 15.0 Å². The summed E-state index contributed by atoms with van der Waals surface area (Å²) in [5.74, 6) is -0.552. The predicted octanol–water partition coefficient (Wildman–Crippen LogP) is -0.605. The van der Waals surface area contributed by atoms with Crippen LogP contribution in [0.5, 0.6) is 5.75 Å². The second-order valence-electron chi connectivity index (χ2n) is 6.87. The highest BCUT2D eigenvalue weighted by molar-refractivity contribution is 7.92. The lowest BCUT2D eigenvalue weighted by molar-refractivity contribution is -0.124. The number of sulfonamides is 1. The van der Waals surface area contributed by atoms with Crippen LogP contribution in [0.2, 0.25) is 0 Å². The van der Waals surface area contributed by atoms with Crippen LogP contribution in [0.25, 0.3) is 0 Å². The van der Waals surface area contributed by atoms with Crippen molar-refractivity contribution in [3.05, 3.63) is 52.9 Å². The van der Waals surface area contributed by atoms with Crippen molar-refractivity contribution >= 4 is 33.9 Å². The van der Waals surface area contributed by atoms with Crippen LogP contribution in [0.15, 0.2) is 57.3 Å². The third-order valence-corrected chi connectivity index (χ3v) is 5.82. The lowest BCUT2D eigenvalue weighted by Crippen LogP contribution is -2.40. The van der Waals surface area contributed by atoms with Crippen LogP contribution in [0.4, 0.5) is 5.69 Å². The molecule has 0 radical (unpaired) electrons. The smallest absolute Gasteiger partial charge is 0.275 e. The number of methoxy groups -OCH3 is 1. The van der Waals surface area contributed by atoms with Crippen molar-refractivity contribution in [2.75, 3.05) is 18.4 Å². The molecule has 2 rings (SSSR count). The van der Waals surface area contributed by atoms with Crippen LogP contribution >= 0.6 is 0 Å². The number of nitrogens with two attached hydrogens (primary N) is 2. The average Bonchev–Trinajstić information content (AvgIpc) is 2.78. The third kappa shape index (κ3) is 7.35. The minimum absolute atomic E-state index is 0.0673. The molecule has 0 saturated carbocycles. The number of ether oxygens (including phenoxy) is 1. The van der Waals surface area contributed by atoms with Crippen LogP contribution in [-0.4, -0.2) is 50.8 Å². The maximum atomic E-state index is 12.7. The second-order valence-corrected chi connectivity index (χ2v) is 8.52. The number of hydrogen-bond acceptors (Lipinski definition) is 7. The highest BCUT2D eigenvalue weighted by atomic mass is 32.2. The molecule has 0 fully saturated rings. The SMILES string of the molecule is COc1ccccc1S(=O)(=O)Nc1cccn(CC(=O)NC(C=O)CCCN=C(N)N)c1=O. The summed E-state index contributed by atoms with van der Waals surface area (Å²) >= 11 is 0. The summed E-state index contributed by atoms with van der Waals surface area (Å²) in [5, 5.41) is 2.51. The Labute approximate surface area is 190 Å². The van der Waals surface area contributed by atoms with Crippen molar-refractivity contribution in [3.8, 4) is 5.75 Å². The molecule has 2 aromatic rings. The number of nitrogens with zero attached hydrogens (tertiary/aromatic N) is 2. The molecule has 12 nitrogen and oxygen atoms in total. The number of para-hydroxylation sites is 1. The van der Waals surface area contributed by atoms with Gasteiger partial charge in [-0.15, -0.1) is 0 Å². The highest BCUT2D eigenvalue weighted by Crippen LogP contribution is 2.24. The van der Waals surface area contributed by atoms with Crippen molar-refractivity contribution < 1.29 is 22.7 Å². The van der Waals surface area contributed by atoms with Gasteiger partial charge >= 0.3 is 0 Å². The molecule has 0 aliphatic carbocycles. The Morgan fingerprint density at radius 3 is 2.64 bits per heavy atom. The van der Waals surface area contributed by atoms with Crippen molar-refractivity contribution in [2.45, 2.75) is 30.3 Å². The van der Waals surface area contributed by atoms with Gasteiger partial charge in [-0.2, -0.15) is 0 Å². The van der Waals surface area contributed by atoms with Crippen LogP contribution in [0.1, 0.15) is 12.8 Å². The Bertz CT molecular complexity index is 1170. The molecule has 0 bridgehead atoms. The Morgan fingerprint density at radius 2 is 1.97 bits per heavy atom. The molecule has 1 unspecified atom stereocenters. The fourth-order valence-corrected chi connectivity index (χ4v) is 4.11. The largest absolute Gasteiger partial charge is 0.495 e. The van der Waals surface area contributed by atoms with Gasteiger partial charge in [0.2, 0.25) is 5.91 Å². The molecule has 1 amide bonds. The van der Waals surface area contributed by atoms with Gasteiger partial charge in [0.05, 0.1) is 13.2 Å². The van der Waals surface area contributed by atoms with E-state index in [1.165, 1.54) is 43.6 Å². The number of benzene rings is 1. The summed E-state index contributed by atoms with van der Waals surface area (Å²) in [7, 11) is -2.80. The second kappa shape index (κ2) is 11.7. The number of aliphatic imine (C=N–C) groups is 1. The summed E-state index contributed by atoms with van der Waals surface area (Å²) in [6, 6.07) is 7.86. The monoisotopic (exact) mass is 478 g/mol. The molecule has 1 aromatic heterocycles. The molecule has 0 saturated heterocycles. The maximum absolute atomic E-state index is 12.7. The molecule has 1 atom stereocenters. The summed E-state index contributed by atoms with van der Waals surface area (Å²) in [6.45, 7) is -0.113. The Balaban J connectivity index is 2.10. The van der Waals surface area contributed by atoms with E-state index in [9.17, 15) is 22.8 Å². The minimum Gasteiger partial charge on any atom is -0.495 e. The van der Waals surface area contributed by atoms with Crippen molar-refractivity contribution in [1.29, 1.82) is 0 Å². The normalized spacial score (nSPS) is 11.8. The summed E-state index contributed by atoms with van der Waals surface area (Å²) in [4.78, 5) is 39.9. The van der Waals surface area contributed by atoms with Crippen molar-refractivity contribution in [3.63, 3.8) is 0 Å². The zero-order valence-corrected chi connectivity index (χ0v) is 18.7. The lowest BCUT2D eigenvalue weighted by atomic mass is 10.2. The Morgan fingerprint density at radius 1 is 1.24 bits per heavy atom. The van der Waals surface area contributed by atoms with E-state index < -0.39 is 34.1 Å². The van der Waals surface area contributed by atoms with E-state index in [4.69, 9.17) is 16.2 Å². The molecule has 178 valence electrons. The van der Waals surface area contributed by atoms with Gasteiger partial charge in [-0.1, -0.05) is 12.1 Å². The van der Waals surface area contributed by atoms with E-state index in [1.807, 2.05) is 0 Å². The number of carbonyl (C=O) groups is 2. The first kappa shape index (κ1) is 25.4. The van der Waals surface area contributed by atoms with E-state index in [0.29, 0.717) is 25.7 Å². The van der Waals surface area contributed by atoms with Gasteiger partial charge in [0.15, 0.2) is 5.96 Å². The molecule has 0 spiro atoms. The molecule has 6 N–H and O–H groups in total. The third-order valence-electron chi connectivity index (χ3n) is 4.42. The van der Waals surface area contributed by atoms with Gasteiger partial charge in [0, 0.05) is 12.7 Å². The molecule has 0 aliphatic heterocycles. The first-order valence-corrected chi connectivity index (χ1v) is 11.3. The number of aldehydes is 1.